The maximum absolute atomic E-state index is 12.6. The van der Waals surface area contributed by atoms with Crippen molar-refractivity contribution in [1.82, 2.24) is 0 Å². The molecule has 25 heavy (non-hydrogen) atoms. The maximum atomic E-state index is 12.6. The standard InChI is InChI=1S/C18H15NO6/c1-10(20)12-7-16-17(25-9-24-16)8-13(12)19-18(21)11-2-3-14-15(6-11)23-5-4-22-14/h2-3,6-8H,4-5,9H2,1H3,(H,19,21). The number of carbonyl (C=O) groups is 2. The fourth-order valence-corrected chi connectivity index (χ4v) is 2.72. The first-order valence-electron chi connectivity index (χ1n) is 7.77. The second-order valence-corrected chi connectivity index (χ2v) is 5.62. The third-order valence-corrected chi connectivity index (χ3v) is 3.94. The van der Waals surface area contributed by atoms with Crippen LogP contribution in [0.2, 0.25) is 0 Å². The maximum Gasteiger partial charge on any atom is 0.255 e. The predicted molar refractivity (Wildman–Crippen MR) is 88.0 cm³/mol. The Morgan fingerprint density at radius 1 is 0.880 bits per heavy atom. The molecule has 0 radical (unpaired) electrons. The lowest BCUT2D eigenvalue weighted by Gasteiger charge is -2.19. The number of ether oxygens (including phenoxy) is 4. The van der Waals surface area contributed by atoms with Crippen molar-refractivity contribution >= 4 is 17.4 Å². The van der Waals surface area contributed by atoms with Crippen molar-refractivity contribution in [1.29, 1.82) is 0 Å². The van der Waals surface area contributed by atoms with Gasteiger partial charge < -0.3 is 24.3 Å². The quantitative estimate of drug-likeness (QED) is 0.864. The molecule has 7 heteroatoms. The molecule has 0 aliphatic carbocycles. The Kier molecular flexibility index (Phi) is 3.68. The summed E-state index contributed by atoms with van der Waals surface area (Å²) in [6.45, 7) is 2.44. The first kappa shape index (κ1) is 15.3. The molecule has 0 unspecified atom stereocenters. The molecule has 2 aromatic carbocycles. The molecule has 0 fully saturated rings. The monoisotopic (exact) mass is 341 g/mol. The van der Waals surface area contributed by atoms with E-state index < -0.39 is 0 Å². The highest BCUT2D eigenvalue weighted by Crippen LogP contribution is 2.37. The van der Waals surface area contributed by atoms with Crippen LogP contribution in [-0.4, -0.2) is 31.7 Å². The van der Waals surface area contributed by atoms with Gasteiger partial charge in [-0.25, -0.2) is 0 Å². The summed E-state index contributed by atoms with van der Waals surface area (Å²) in [6.07, 6.45) is 0. The Balaban J connectivity index is 1.63. The van der Waals surface area contributed by atoms with Gasteiger partial charge >= 0.3 is 0 Å². The molecule has 128 valence electrons. The molecule has 0 saturated carbocycles. The lowest BCUT2D eigenvalue weighted by Crippen LogP contribution is -2.18. The Morgan fingerprint density at radius 2 is 1.56 bits per heavy atom. The van der Waals surface area contributed by atoms with Gasteiger partial charge in [-0.2, -0.15) is 0 Å². The van der Waals surface area contributed by atoms with Crippen molar-refractivity contribution in [3.8, 4) is 23.0 Å². The Bertz CT molecular complexity index is 876. The molecule has 2 heterocycles. The number of carbonyl (C=O) groups excluding carboxylic acids is 2. The fraction of sp³-hybridized carbons (Fsp3) is 0.222. The van der Waals surface area contributed by atoms with Gasteiger partial charge in [0.1, 0.15) is 13.2 Å². The van der Waals surface area contributed by atoms with Gasteiger partial charge in [-0.3, -0.25) is 9.59 Å². The number of amides is 1. The van der Waals surface area contributed by atoms with Crippen molar-refractivity contribution in [2.75, 3.05) is 25.3 Å². The molecular formula is C18H15NO6. The normalized spacial score (nSPS) is 14.1. The first-order valence-corrected chi connectivity index (χ1v) is 7.77. The minimum absolute atomic E-state index is 0.0895. The molecule has 2 aliphatic heterocycles. The van der Waals surface area contributed by atoms with Gasteiger partial charge in [0.05, 0.1) is 5.69 Å². The Morgan fingerprint density at radius 3 is 2.32 bits per heavy atom. The molecule has 0 bridgehead atoms. The summed E-state index contributed by atoms with van der Waals surface area (Å²) in [6, 6.07) is 8.11. The lowest BCUT2D eigenvalue weighted by atomic mass is 10.1. The van der Waals surface area contributed by atoms with E-state index in [4.69, 9.17) is 18.9 Å². The van der Waals surface area contributed by atoms with E-state index >= 15 is 0 Å². The van der Waals surface area contributed by atoms with E-state index in [-0.39, 0.29) is 18.5 Å². The van der Waals surface area contributed by atoms with E-state index in [9.17, 15) is 9.59 Å². The summed E-state index contributed by atoms with van der Waals surface area (Å²) >= 11 is 0. The lowest BCUT2D eigenvalue weighted by molar-refractivity contribution is 0.101. The van der Waals surface area contributed by atoms with Crippen LogP contribution in [-0.2, 0) is 0 Å². The van der Waals surface area contributed by atoms with Crippen LogP contribution in [0.25, 0.3) is 0 Å². The highest BCUT2D eigenvalue weighted by atomic mass is 16.7. The van der Waals surface area contributed by atoms with Crippen LogP contribution in [0.4, 0.5) is 5.69 Å². The van der Waals surface area contributed by atoms with Crippen LogP contribution in [0.15, 0.2) is 30.3 Å². The Labute approximate surface area is 143 Å². The van der Waals surface area contributed by atoms with Crippen molar-refractivity contribution in [3.05, 3.63) is 41.5 Å². The number of hydrogen-bond acceptors (Lipinski definition) is 6. The zero-order chi connectivity index (χ0) is 17.4. The fourth-order valence-electron chi connectivity index (χ4n) is 2.72. The molecule has 0 aromatic heterocycles. The van der Waals surface area contributed by atoms with Gasteiger partial charge in [-0.15, -0.1) is 0 Å². The summed E-state index contributed by atoms with van der Waals surface area (Å²) in [5.74, 6) is 1.56. The number of nitrogens with one attached hydrogen (secondary N) is 1. The van der Waals surface area contributed by atoms with Gasteiger partial charge in [0.15, 0.2) is 28.8 Å². The third-order valence-electron chi connectivity index (χ3n) is 3.94. The number of benzene rings is 2. The second-order valence-electron chi connectivity index (χ2n) is 5.62. The molecule has 2 aromatic rings. The molecule has 1 N–H and O–H groups in total. The van der Waals surface area contributed by atoms with E-state index in [0.717, 1.165) is 0 Å². The van der Waals surface area contributed by atoms with Gasteiger partial charge in [0, 0.05) is 17.2 Å². The van der Waals surface area contributed by atoms with Crippen molar-refractivity contribution in [3.63, 3.8) is 0 Å². The Hall–Kier alpha value is -3.22. The van der Waals surface area contributed by atoms with E-state index in [1.54, 1.807) is 30.3 Å². The molecular weight excluding hydrogens is 326 g/mol. The number of hydrogen-bond donors (Lipinski definition) is 1. The summed E-state index contributed by atoms with van der Waals surface area (Å²) in [5.41, 5.74) is 1.13. The highest BCUT2D eigenvalue weighted by molar-refractivity contribution is 6.09. The minimum Gasteiger partial charge on any atom is -0.486 e. The largest absolute Gasteiger partial charge is 0.486 e. The summed E-state index contributed by atoms with van der Waals surface area (Å²) in [4.78, 5) is 24.5. The van der Waals surface area contributed by atoms with Crippen molar-refractivity contribution < 1.29 is 28.5 Å². The zero-order valence-electron chi connectivity index (χ0n) is 13.5. The SMILES string of the molecule is CC(=O)c1cc2c(cc1NC(=O)c1ccc3c(c1)OCCO3)OCO2. The molecule has 0 atom stereocenters. The molecule has 4 rings (SSSR count). The second kappa shape index (κ2) is 6.01. The van der Waals surface area contributed by atoms with Crippen LogP contribution in [0.1, 0.15) is 27.6 Å². The van der Waals surface area contributed by atoms with Gasteiger partial charge in [0.25, 0.3) is 5.91 Å². The number of rotatable bonds is 3. The van der Waals surface area contributed by atoms with Crippen LogP contribution < -0.4 is 24.3 Å². The first-order chi connectivity index (χ1) is 12.1. The average molecular weight is 341 g/mol. The van der Waals surface area contributed by atoms with E-state index in [0.29, 0.717) is 53.0 Å². The van der Waals surface area contributed by atoms with Crippen LogP contribution >= 0.6 is 0 Å². The average Bonchev–Trinajstić information content (AvgIpc) is 3.07. The number of fused-ring (bicyclic) bond motifs is 2. The van der Waals surface area contributed by atoms with E-state index in [2.05, 4.69) is 5.32 Å². The van der Waals surface area contributed by atoms with Crippen LogP contribution in [0.3, 0.4) is 0 Å². The van der Waals surface area contributed by atoms with E-state index in [1.165, 1.54) is 6.92 Å². The molecule has 0 spiro atoms. The molecule has 1 amide bonds. The summed E-state index contributed by atoms with van der Waals surface area (Å²) in [5, 5.41) is 2.75. The van der Waals surface area contributed by atoms with Gasteiger partial charge in [0.2, 0.25) is 6.79 Å². The van der Waals surface area contributed by atoms with Crippen LogP contribution in [0.5, 0.6) is 23.0 Å². The summed E-state index contributed by atoms with van der Waals surface area (Å²) in [7, 11) is 0. The third kappa shape index (κ3) is 2.84. The van der Waals surface area contributed by atoms with Gasteiger partial charge in [-0.05, 0) is 31.2 Å². The zero-order valence-corrected chi connectivity index (χ0v) is 13.5. The van der Waals surface area contributed by atoms with Crippen molar-refractivity contribution in [2.45, 2.75) is 6.92 Å². The highest BCUT2D eigenvalue weighted by Gasteiger charge is 2.21. The molecule has 2 aliphatic rings. The smallest absolute Gasteiger partial charge is 0.255 e. The number of Topliss-reactive ketones (excluding diaryl/α,β-unsaturated/α-hetero) is 1. The number of anilines is 1. The summed E-state index contributed by atoms with van der Waals surface area (Å²) < 4.78 is 21.5. The van der Waals surface area contributed by atoms with Crippen LogP contribution in [0, 0.1) is 0 Å². The molecule has 7 nitrogen and oxygen atoms in total. The minimum atomic E-state index is -0.363. The predicted octanol–water partition coefficient (Wildman–Crippen LogP) is 2.64. The molecule has 0 saturated heterocycles. The van der Waals surface area contributed by atoms with Gasteiger partial charge in [-0.1, -0.05) is 0 Å². The topological polar surface area (TPSA) is 83.1 Å². The number of ketones is 1. The van der Waals surface area contributed by atoms with E-state index in [1.807, 2.05) is 0 Å². The van der Waals surface area contributed by atoms with Crippen molar-refractivity contribution in [2.24, 2.45) is 0 Å².